The monoisotopic (exact) mass is 573 g/mol. The van der Waals surface area contributed by atoms with Gasteiger partial charge < -0.3 is 14.7 Å². The molecular formula is C26H30Cl2FNO6S. The minimum Gasteiger partial charge on any atom is -0.481 e. The van der Waals surface area contributed by atoms with Crippen LogP contribution >= 0.6 is 23.2 Å². The molecule has 1 amide bonds. The van der Waals surface area contributed by atoms with E-state index in [1.807, 2.05) is 0 Å². The number of halogens is 3. The van der Waals surface area contributed by atoms with Crippen LogP contribution in [0.5, 0.6) is 0 Å². The van der Waals surface area contributed by atoms with Crippen LogP contribution in [0.15, 0.2) is 42.5 Å². The molecule has 202 valence electrons. The number of amides is 1. The molecule has 0 spiro atoms. The van der Waals surface area contributed by atoms with Gasteiger partial charge in [-0.25, -0.2) is 12.8 Å². The molecule has 11 heteroatoms. The standard InChI is InChI=1S/C26H30Cl2FNO6S/c1-5-18(14-37(34,35)26(2,3)4)30-23(19-10-9-17(28)12-20(19)29)24(15-7-6-8-16(27)11-15)36-21(25(30)33)13-22(31)32/h6-12,18,21,23-24H,5,13-14H2,1-4H3,(H,31,32)/t18-,21-,23+,24+/m0/s1. The predicted molar refractivity (Wildman–Crippen MR) is 140 cm³/mol. The molecule has 0 aromatic heterocycles. The van der Waals surface area contributed by atoms with Gasteiger partial charge in [-0.3, -0.25) is 9.59 Å². The molecule has 2 aromatic carbocycles. The summed E-state index contributed by atoms with van der Waals surface area (Å²) in [5.74, 6) is -3.10. The second-order valence-electron chi connectivity index (χ2n) is 10.0. The summed E-state index contributed by atoms with van der Waals surface area (Å²) in [7, 11) is -3.72. The van der Waals surface area contributed by atoms with Gasteiger partial charge in [0, 0.05) is 21.7 Å². The molecular weight excluding hydrogens is 544 g/mol. The number of benzene rings is 2. The number of carbonyl (C=O) groups is 2. The lowest BCUT2D eigenvalue weighted by molar-refractivity contribution is -0.183. The number of morpholine rings is 1. The van der Waals surface area contributed by atoms with Gasteiger partial charge >= 0.3 is 5.97 Å². The molecule has 7 nitrogen and oxygen atoms in total. The second-order valence-corrected chi connectivity index (χ2v) is 13.7. The molecule has 1 N–H and O–H groups in total. The normalized spacial score (nSPS) is 21.6. The number of nitrogens with zero attached hydrogens (tertiary/aromatic N) is 1. The molecule has 1 saturated heterocycles. The van der Waals surface area contributed by atoms with Crippen molar-refractivity contribution in [2.24, 2.45) is 0 Å². The number of carboxylic acid groups (broad SMARTS) is 1. The lowest BCUT2D eigenvalue weighted by atomic mass is 9.89. The van der Waals surface area contributed by atoms with Crippen LogP contribution in [0.4, 0.5) is 4.39 Å². The number of carboxylic acids is 1. The highest BCUT2D eigenvalue weighted by Gasteiger charge is 2.49. The van der Waals surface area contributed by atoms with E-state index in [1.54, 1.807) is 52.0 Å². The van der Waals surface area contributed by atoms with E-state index in [-0.39, 0.29) is 17.0 Å². The Labute approximate surface area is 226 Å². The number of sulfone groups is 1. The van der Waals surface area contributed by atoms with E-state index < -0.39 is 68.7 Å². The topological polar surface area (TPSA) is 101 Å². The highest BCUT2D eigenvalue weighted by Crippen LogP contribution is 2.45. The van der Waals surface area contributed by atoms with Crippen LogP contribution in [0.25, 0.3) is 0 Å². The maximum atomic E-state index is 15.4. The molecule has 1 fully saturated rings. The van der Waals surface area contributed by atoms with Crippen molar-refractivity contribution in [1.82, 2.24) is 4.90 Å². The summed E-state index contributed by atoms with van der Waals surface area (Å²) in [6, 6.07) is 8.54. The van der Waals surface area contributed by atoms with Crippen molar-refractivity contribution in [3.8, 4) is 0 Å². The van der Waals surface area contributed by atoms with Gasteiger partial charge in [0.25, 0.3) is 5.91 Å². The predicted octanol–water partition coefficient (Wildman–Crippen LogP) is 5.61. The first-order valence-electron chi connectivity index (χ1n) is 11.8. The molecule has 3 rings (SSSR count). The Balaban J connectivity index is 2.26. The molecule has 2 aromatic rings. The van der Waals surface area contributed by atoms with Gasteiger partial charge in [-0.1, -0.05) is 48.3 Å². The Morgan fingerprint density at radius 3 is 2.35 bits per heavy atom. The van der Waals surface area contributed by atoms with Crippen LogP contribution in [-0.2, 0) is 24.2 Å². The summed E-state index contributed by atoms with van der Waals surface area (Å²) in [6.45, 7) is 6.42. The average Bonchev–Trinajstić information content (AvgIpc) is 2.78. The Kier molecular flexibility index (Phi) is 8.94. The van der Waals surface area contributed by atoms with Gasteiger partial charge in [0.2, 0.25) is 0 Å². The molecule has 0 radical (unpaired) electrons. The molecule has 0 aliphatic carbocycles. The van der Waals surface area contributed by atoms with Gasteiger partial charge in [0.1, 0.15) is 18.0 Å². The van der Waals surface area contributed by atoms with Crippen LogP contribution < -0.4 is 0 Å². The minimum atomic E-state index is -3.72. The molecule has 37 heavy (non-hydrogen) atoms. The fourth-order valence-corrected chi connectivity index (χ4v) is 6.12. The van der Waals surface area contributed by atoms with Crippen LogP contribution in [0.3, 0.4) is 0 Å². The molecule has 0 saturated carbocycles. The molecule has 1 aliphatic heterocycles. The third-order valence-corrected chi connectivity index (χ3v) is 9.61. The SMILES string of the molecule is CC[C@@H](CS(=O)(=O)C(C)(C)C)N1C(=O)[C@H](CC(=O)O)O[C@H](c2cccc(Cl)c2)[C@H]1c1ccc(Cl)cc1F. The van der Waals surface area contributed by atoms with Crippen molar-refractivity contribution < 1.29 is 32.2 Å². The van der Waals surface area contributed by atoms with Crippen molar-refractivity contribution in [2.75, 3.05) is 5.75 Å². The Morgan fingerprint density at radius 1 is 1.16 bits per heavy atom. The van der Waals surface area contributed by atoms with Crippen molar-refractivity contribution in [3.05, 3.63) is 69.5 Å². The first-order chi connectivity index (χ1) is 17.2. The molecule has 0 unspecified atom stereocenters. The zero-order chi connectivity index (χ0) is 27.7. The molecule has 0 bridgehead atoms. The smallest absolute Gasteiger partial charge is 0.306 e. The fraction of sp³-hybridized carbons (Fsp3) is 0.462. The van der Waals surface area contributed by atoms with E-state index in [1.165, 1.54) is 17.0 Å². The molecule has 1 aliphatic rings. The van der Waals surface area contributed by atoms with E-state index in [9.17, 15) is 23.1 Å². The zero-order valence-electron chi connectivity index (χ0n) is 20.9. The van der Waals surface area contributed by atoms with E-state index in [4.69, 9.17) is 27.9 Å². The van der Waals surface area contributed by atoms with Gasteiger partial charge in [0.15, 0.2) is 9.84 Å². The lowest BCUT2D eigenvalue weighted by Gasteiger charge is -2.48. The Hall–Kier alpha value is -2.20. The fourth-order valence-electron chi connectivity index (χ4n) is 4.36. The van der Waals surface area contributed by atoms with Gasteiger partial charge in [-0.2, -0.15) is 0 Å². The number of rotatable bonds is 8. The summed E-state index contributed by atoms with van der Waals surface area (Å²) < 4.78 is 46.7. The third-order valence-electron chi connectivity index (χ3n) is 6.46. The number of ether oxygens (including phenoxy) is 1. The van der Waals surface area contributed by atoms with E-state index >= 15 is 4.39 Å². The van der Waals surface area contributed by atoms with E-state index in [0.717, 1.165) is 6.07 Å². The van der Waals surface area contributed by atoms with Crippen molar-refractivity contribution in [1.29, 1.82) is 0 Å². The molecule has 4 atom stereocenters. The van der Waals surface area contributed by atoms with Gasteiger partial charge in [0.05, 0.1) is 23.0 Å². The third kappa shape index (κ3) is 6.45. The molecule has 1 heterocycles. The largest absolute Gasteiger partial charge is 0.481 e. The van der Waals surface area contributed by atoms with Crippen LogP contribution in [-0.4, -0.2) is 52.9 Å². The minimum absolute atomic E-state index is 0.0584. The number of aliphatic carboxylic acids is 1. The summed E-state index contributed by atoms with van der Waals surface area (Å²) >= 11 is 12.2. The Bertz CT molecular complexity index is 1280. The van der Waals surface area contributed by atoms with Crippen molar-refractivity contribution in [2.45, 2.75) is 69.6 Å². The highest BCUT2D eigenvalue weighted by atomic mass is 35.5. The number of hydrogen-bond donors (Lipinski definition) is 1. The zero-order valence-corrected chi connectivity index (χ0v) is 23.3. The Morgan fingerprint density at radius 2 is 1.81 bits per heavy atom. The maximum Gasteiger partial charge on any atom is 0.306 e. The van der Waals surface area contributed by atoms with Crippen LogP contribution in [0.1, 0.15) is 63.8 Å². The van der Waals surface area contributed by atoms with Crippen LogP contribution in [0, 0.1) is 5.82 Å². The summed E-state index contributed by atoms with van der Waals surface area (Å²) in [6.07, 6.45) is -2.89. The summed E-state index contributed by atoms with van der Waals surface area (Å²) in [5.41, 5.74) is 0.538. The highest BCUT2D eigenvalue weighted by molar-refractivity contribution is 7.92. The second kappa shape index (κ2) is 11.3. The van der Waals surface area contributed by atoms with Crippen molar-refractivity contribution in [3.63, 3.8) is 0 Å². The van der Waals surface area contributed by atoms with E-state index in [2.05, 4.69) is 0 Å². The average molecular weight is 574 g/mol. The van der Waals surface area contributed by atoms with Gasteiger partial charge in [-0.15, -0.1) is 0 Å². The quantitative estimate of drug-likeness (QED) is 0.440. The van der Waals surface area contributed by atoms with E-state index in [0.29, 0.717) is 10.6 Å². The summed E-state index contributed by atoms with van der Waals surface area (Å²) in [4.78, 5) is 26.7. The summed E-state index contributed by atoms with van der Waals surface area (Å²) in [5, 5.41) is 9.97. The number of carbonyl (C=O) groups excluding carboxylic acids is 1. The first-order valence-corrected chi connectivity index (χ1v) is 14.2. The first kappa shape index (κ1) is 29.4. The maximum absolute atomic E-state index is 15.4. The van der Waals surface area contributed by atoms with Crippen molar-refractivity contribution >= 4 is 44.9 Å². The van der Waals surface area contributed by atoms with Crippen LogP contribution in [0.2, 0.25) is 10.0 Å². The lowest BCUT2D eigenvalue weighted by Crippen LogP contribution is -2.57. The van der Waals surface area contributed by atoms with Gasteiger partial charge in [-0.05, 0) is 57.0 Å². The number of hydrogen-bond acceptors (Lipinski definition) is 5.